The molecule has 9 heteroatoms. The summed E-state index contributed by atoms with van der Waals surface area (Å²) in [6.07, 6.45) is -4.60. The van der Waals surface area contributed by atoms with Crippen LogP contribution in [0.25, 0.3) is 0 Å². The molecule has 1 amide bonds. The van der Waals surface area contributed by atoms with Crippen LogP contribution in [0.1, 0.15) is 5.56 Å². The standard InChI is InChI=1S/C16H19F3N2O4/c1-25-11-4-2-10(3-5-11)6-20-14(22)9-21-7-12(15(23)24)13(8-21)16(17,18)19/h2-5,12-13H,6-9H2,1H3,(H,20,22)(H,23,24)/t12-,13-/m1/s1. The van der Waals surface area contributed by atoms with Crippen molar-refractivity contribution in [3.05, 3.63) is 29.8 Å². The Morgan fingerprint density at radius 1 is 1.28 bits per heavy atom. The second-order valence-corrected chi connectivity index (χ2v) is 5.91. The van der Waals surface area contributed by atoms with Crippen LogP contribution in [-0.4, -0.2) is 54.8 Å². The van der Waals surface area contributed by atoms with Crippen molar-refractivity contribution in [2.75, 3.05) is 26.7 Å². The first-order chi connectivity index (χ1) is 11.7. The van der Waals surface area contributed by atoms with Crippen molar-refractivity contribution in [2.24, 2.45) is 11.8 Å². The SMILES string of the molecule is COc1ccc(CNC(=O)CN2C[C@@H](C(F)(F)F)[C@H](C(=O)O)C2)cc1. The predicted molar refractivity (Wildman–Crippen MR) is 82.0 cm³/mol. The molecule has 1 saturated heterocycles. The first kappa shape index (κ1) is 19.0. The zero-order valence-corrected chi connectivity index (χ0v) is 13.5. The summed E-state index contributed by atoms with van der Waals surface area (Å²) in [7, 11) is 1.53. The Balaban J connectivity index is 1.86. The number of halogens is 3. The van der Waals surface area contributed by atoms with Gasteiger partial charge in [-0.25, -0.2) is 0 Å². The fourth-order valence-electron chi connectivity index (χ4n) is 2.80. The largest absolute Gasteiger partial charge is 0.497 e. The fourth-order valence-corrected chi connectivity index (χ4v) is 2.80. The van der Waals surface area contributed by atoms with Gasteiger partial charge in [0, 0.05) is 19.6 Å². The molecule has 0 bridgehead atoms. The van der Waals surface area contributed by atoms with Crippen LogP contribution in [0.4, 0.5) is 13.2 Å². The molecular formula is C16H19F3N2O4. The number of likely N-dealkylation sites (tertiary alicyclic amines) is 1. The second-order valence-electron chi connectivity index (χ2n) is 5.91. The maximum Gasteiger partial charge on any atom is 0.393 e. The van der Waals surface area contributed by atoms with E-state index in [2.05, 4.69) is 5.32 Å². The van der Waals surface area contributed by atoms with Gasteiger partial charge >= 0.3 is 12.1 Å². The number of carbonyl (C=O) groups excluding carboxylic acids is 1. The zero-order valence-electron chi connectivity index (χ0n) is 13.5. The molecule has 1 fully saturated rings. The lowest BCUT2D eigenvalue weighted by Gasteiger charge is -2.18. The molecule has 0 saturated carbocycles. The van der Waals surface area contributed by atoms with Gasteiger partial charge in [0.05, 0.1) is 25.5 Å². The zero-order chi connectivity index (χ0) is 18.6. The summed E-state index contributed by atoms with van der Waals surface area (Å²) in [5, 5.41) is 11.6. The molecule has 1 aliphatic heterocycles. The molecule has 2 rings (SSSR count). The molecule has 1 aliphatic rings. The van der Waals surface area contributed by atoms with Crippen molar-refractivity contribution in [1.29, 1.82) is 0 Å². The molecule has 2 atom stereocenters. The van der Waals surface area contributed by atoms with Crippen LogP contribution in [-0.2, 0) is 16.1 Å². The first-order valence-electron chi connectivity index (χ1n) is 7.62. The average Bonchev–Trinajstić information content (AvgIpc) is 2.98. The summed E-state index contributed by atoms with van der Waals surface area (Å²) in [4.78, 5) is 24.2. The van der Waals surface area contributed by atoms with E-state index < -0.39 is 36.4 Å². The summed E-state index contributed by atoms with van der Waals surface area (Å²) < 4.78 is 43.8. The Morgan fingerprint density at radius 3 is 2.40 bits per heavy atom. The van der Waals surface area contributed by atoms with E-state index in [1.165, 1.54) is 12.0 Å². The molecule has 0 unspecified atom stereocenters. The van der Waals surface area contributed by atoms with Gasteiger partial charge in [-0.05, 0) is 17.7 Å². The third-order valence-electron chi connectivity index (χ3n) is 4.15. The Morgan fingerprint density at radius 2 is 1.92 bits per heavy atom. The fraction of sp³-hybridized carbons (Fsp3) is 0.500. The molecule has 0 aliphatic carbocycles. The normalized spacial score (nSPS) is 21.1. The number of carboxylic acid groups (broad SMARTS) is 1. The van der Waals surface area contributed by atoms with Crippen LogP contribution in [0.5, 0.6) is 5.75 Å². The molecule has 138 valence electrons. The lowest BCUT2D eigenvalue weighted by Crippen LogP contribution is -2.36. The molecule has 2 N–H and O–H groups in total. The molecular weight excluding hydrogens is 341 g/mol. The lowest BCUT2D eigenvalue weighted by atomic mass is 9.96. The van der Waals surface area contributed by atoms with Gasteiger partial charge in [0.1, 0.15) is 5.75 Å². The molecule has 1 aromatic rings. The van der Waals surface area contributed by atoms with E-state index in [0.717, 1.165) is 5.56 Å². The molecule has 25 heavy (non-hydrogen) atoms. The van der Waals surface area contributed by atoms with Gasteiger partial charge in [-0.15, -0.1) is 0 Å². The minimum absolute atomic E-state index is 0.224. The van der Waals surface area contributed by atoms with E-state index in [1.807, 2.05) is 0 Å². The number of benzene rings is 1. The van der Waals surface area contributed by atoms with Crippen molar-refractivity contribution in [2.45, 2.75) is 12.7 Å². The van der Waals surface area contributed by atoms with E-state index in [0.29, 0.717) is 5.75 Å². The van der Waals surface area contributed by atoms with E-state index >= 15 is 0 Å². The van der Waals surface area contributed by atoms with E-state index in [1.54, 1.807) is 24.3 Å². The predicted octanol–water partition coefficient (Wildman–Crippen LogP) is 1.51. The Labute approximate surface area is 142 Å². The number of ether oxygens (including phenoxy) is 1. The van der Waals surface area contributed by atoms with Crippen LogP contribution in [0.2, 0.25) is 0 Å². The number of rotatable bonds is 6. The molecule has 0 spiro atoms. The lowest BCUT2D eigenvalue weighted by molar-refractivity contribution is -0.188. The van der Waals surface area contributed by atoms with E-state index in [-0.39, 0.29) is 19.6 Å². The maximum atomic E-state index is 12.9. The van der Waals surface area contributed by atoms with Crippen molar-refractivity contribution in [1.82, 2.24) is 10.2 Å². The average molecular weight is 360 g/mol. The third kappa shape index (κ3) is 5.09. The van der Waals surface area contributed by atoms with Crippen LogP contribution in [0.15, 0.2) is 24.3 Å². The number of amides is 1. The Kier molecular flexibility index (Phi) is 5.89. The van der Waals surface area contributed by atoms with E-state index in [9.17, 15) is 22.8 Å². The Hall–Kier alpha value is -2.29. The number of carboxylic acids is 1. The minimum atomic E-state index is -4.60. The van der Waals surface area contributed by atoms with Gasteiger partial charge in [-0.1, -0.05) is 12.1 Å². The minimum Gasteiger partial charge on any atom is -0.497 e. The number of hydrogen-bond acceptors (Lipinski definition) is 4. The topological polar surface area (TPSA) is 78.9 Å². The number of alkyl halides is 3. The summed E-state index contributed by atoms with van der Waals surface area (Å²) in [6, 6.07) is 6.98. The molecule has 0 radical (unpaired) electrons. The van der Waals surface area contributed by atoms with Gasteiger partial charge in [0.2, 0.25) is 5.91 Å². The number of aliphatic carboxylic acids is 1. The second kappa shape index (κ2) is 7.73. The summed E-state index contributed by atoms with van der Waals surface area (Å²) in [6.45, 7) is -0.833. The summed E-state index contributed by atoms with van der Waals surface area (Å²) >= 11 is 0. The molecule has 0 aromatic heterocycles. The van der Waals surface area contributed by atoms with Crippen molar-refractivity contribution < 1.29 is 32.6 Å². The highest BCUT2D eigenvalue weighted by atomic mass is 19.4. The van der Waals surface area contributed by atoms with Gasteiger partial charge < -0.3 is 15.2 Å². The van der Waals surface area contributed by atoms with Crippen LogP contribution in [0.3, 0.4) is 0 Å². The van der Waals surface area contributed by atoms with Crippen LogP contribution >= 0.6 is 0 Å². The van der Waals surface area contributed by atoms with Gasteiger partial charge in [0.25, 0.3) is 0 Å². The number of carbonyl (C=O) groups is 2. The summed E-state index contributed by atoms with van der Waals surface area (Å²) in [5.41, 5.74) is 0.812. The number of hydrogen-bond donors (Lipinski definition) is 2. The molecule has 1 heterocycles. The Bertz CT molecular complexity index is 619. The van der Waals surface area contributed by atoms with Crippen molar-refractivity contribution in [3.8, 4) is 5.75 Å². The quantitative estimate of drug-likeness (QED) is 0.804. The smallest absolute Gasteiger partial charge is 0.393 e. The van der Waals surface area contributed by atoms with E-state index in [4.69, 9.17) is 9.84 Å². The van der Waals surface area contributed by atoms with Crippen molar-refractivity contribution in [3.63, 3.8) is 0 Å². The maximum absolute atomic E-state index is 12.9. The highest BCUT2D eigenvalue weighted by Gasteiger charge is 2.52. The monoisotopic (exact) mass is 360 g/mol. The number of nitrogens with zero attached hydrogens (tertiary/aromatic N) is 1. The highest BCUT2D eigenvalue weighted by molar-refractivity contribution is 5.78. The van der Waals surface area contributed by atoms with Crippen molar-refractivity contribution >= 4 is 11.9 Å². The van der Waals surface area contributed by atoms with Gasteiger partial charge in [0.15, 0.2) is 0 Å². The summed E-state index contributed by atoms with van der Waals surface area (Å²) in [5.74, 6) is -4.79. The van der Waals surface area contributed by atoms with Crippen LogP contribution < -0.4 is 10.1 Å². The third-order valence-corrected chi connectivity index (χ3v) is 4.15. The molecule has 6 nitrogen and oxygen atoms in total. The number of methoxy groups -OCH3 is 1. The van der Waals surface area contributed by atoms with Gasteiger partial charge in [-0.3, -0.25) is 14.5 Å². The molecule has 1 aromatic carbocycles. The van der Waals surface area contributed by atoms with Gasteiger partial charge in [-0.2, -0.15) is 13.2 Å². The van der Waals surface area contributed by atoms with Crippen LogP contribution in [0, 0.1) is 11.8 Å². The highest BCUT2D eigenvalue weighted by Crippen LogP contribution is 2.37. The number of nitrogens with one attached hydrogen (secondary N) is 1. The first-order valence-corrected chi connectivity index (χ1v) is 7.62.